The maximum absolute atomic E-state index is 14.3. The van der Waals surface area contributed by atoms with Gasteiger partial charge >= 0.3 is 11.9 Å². The van der Waals surface area contributed by atoms with Gasteiger partial charge in [-0.15, -0.1) is 0 Å². The van der Waals surface area contributed by atoms with E-state index in [1.807, 2.05) is 13.8 Å². The molecule has 0 aromatic heterocycles. The lowest BCUT2D eigenvalue weighted by molar-refractivity contribution is -0.158. The van der Waals surface area contributed by atoms with Gasteiger partial charge in [-0.2, -0.15) is 0 Å². The SMILES string of the molecule is CC(OC(=O)CCC(=O)OC(C)[C@H]1CC[C@H](CN2Cc3ccc(O)c(F)c3C2=O)CC1)[C@H]1CC[C@H](CN2Cc3ccc(O)c(F)c3C2=O)CC1. The van der Waals surface area contributed by atoms with Crippen molar-refractivity contribution < 1.29 is 47.6 Å². The van der Waals surface area contributed by atoms with Crippen molar-refractivity contribution in [3.05, 3.63) is 58.2 Å². The number of aromatic hydroxyl groups is 2. The third-order valence-electron chi connectivity index (χ3n) is 11.4. The highest BCUT2D eigenvalue weighted by Crippen LogP contribution is 2.37. The molecule has 6 rings (SSSR count). The van der Waals surface area contributed by atoms with Gasteiger partial charge in [-0.1, -0.05) is 12.1 Å². The maximum Gasteiger partial charge on any atom is 0.306 e. The summed E-state index contributed by atoms with van der Waals surface area (Å²) in [6, 6.07) is 5.73. The third-order valence-corrected chi connectivity index (χ3v) is 11.4. The van der Waals surface area contributed by atoms with E-state index in [1.54, 1.807) is 21.9 Å². The molecule has 2 N–H and O–H groups in total. The zero-order valence-electron chi connectivity index (χ0n) is 28.7. The van der Waals surface area contributed by atoms with Crippen molar-refractivity contribution >= 4 is 23.8 Å². The molecule has 270 valence electrons. The van der Waals surface area contributed by atoms with Crippen LogP contribution in [0.5, 0.6) is 11.5 Å². The van der Waals surface area contributed by atoms with Crippen LogP contribution < -0.4 is 0 Å². The number of nitrogens with zero attached hydrogens (tertiary/aromatic N) is 2. The minimum Gasteiger partial charge on any atom is -0.505 e. The average molecular weight is 697 g/mol. The molecule has 2 aliphatic carbocycles. The summed E-state index contributed by atoms with van der Waals surface area (Å²) in [7, 11) is 0. The zero-order valence-corrected chi connectivity index (χ0v) is 28.7. The van der Waals surface area contributed by atoms with Gasteiger partial charge in [0.25, 0.3) is 11.8 Å². The summed E-state index contributed by atoms with van der Waals surface area (Å²) >= 11 is 0. The summed E-state index contributed by atoms with van der Waals surface area (Å²) < 4.78 is 40.0. The second-order valence-electron chi connectivity index (χ2n) is 14.7. The number of esters is 2. The van der Waals surface area contributed by atoms with E-state index in [9.17, 15) is 38.2 Å². The van der Waals surface area contributed by atoms with E-state index in [0.29, 0.717) is 37.3 Å². The van der Waals surface area contributed by atoms with Crippen molar-refractivity contribution in [3.63, 3.8) is 0 Å². The lowest BCUT2D eigenvalue weighted by Gasteiger charge is -2.34. The van der Waals surface area contributed by atoms with Crippen LogP contribution in [0, 0.1) is 35.3 Å². The molecule has 2 aliphatic heterocycles. The second kappa shape index (κ2) is 14.9. The van der Waals surface area contributed by atoms with Crippen molar-refractivity contribution in [2.45, 2.75) is 103 Å². The number of hydrogen-bond donors (Lipinski definition) is 2. The highest BCUT2D eigenvalue weighted by molar-refractivity contribution is 5.99. The van der Waals surface area contributed by atoms with Gasteiger partial charge in [0.2, 0.25) is 0 Å². The predicted molar refractivity (Wildman–Crippen MR) is 177 cm³/mol. The van der Waals surface area contributed by atoms with Crippen LogP contribution >= 0.6 is 0 Å². The largest absolute Gasteiger partial charge is 0.505 e. The van der Waals surface area contributed by atoms with Gasteiger partial charge in [0.1, 0.15) is 12.2 Å². The average Bonchev–Trinajstić information content (AvgIpc) is 3.59. The molecule has 2 unspecified atom stereocenters. The molecule has 0 saturated heterocycles. The fourth-order valence-electron chi connectivity index (χ4n) is 8.33. The normalized spacial score (nSPS) is 24.5. The van der Waals surface area contributed by atoms with E-state index in [0.717, 1.165) is 51.4 Å². The van der Waals surface area contributed by atoms with Crippen molar-refractivity contribution in [2.24, 2.45) is 23.7 Å². The minimum atomic E-state index is -0.860. The number of ether oxygens (including phenoxy) is 2. The van der Waals surface area contributed by atoms with Crippen LogP contribution in [0.15, 0.2) is 24.3 Å². The molecule has 10 nitrogen and oxygen atoms in total. The van der Waals surface area contributed by atoms with Crippen molar-refractivity contribution in [3.8, 4) is 11.5 Å². The lowest BCUT2D eigenvalue weighted by Crippen LogP contribution is -2.34. The number of fused-ring (bicyclic) bond motifs is 2. The Kier molecular flexibility index (Phi) is 10.6. The zero-order chi connectivity index (χ0) is 35.7. The number of carbonyl (C=O) groups is 4. The fourth-order valence-corrected chi connectivity index (χ4v) is 8.33. The number of phenols is 2. The van der Waals surface area contributed by atoms with Gasteiger partial charge in [0, 0.05) is 26.2 Å². The monoisotopic (exact) mass is 696 g/mol. The summed E-state index contributed by atoms with van der Waals surface area (Å²) in [5.74, 6) is -3.56. The summed E-state index contributed by atoms with van der Waals surface area (Å²) in [4.78, 5) is 54.0. The van der Waals surface area contributed by atoms with Crippen LogP contribution in [0.4, 0.5) is 8.78 Å². The third kappa shape index (κ3) is 7.58. The van der Waals surface area contributed by atoms with E-state index in [4.69, 9.17) is 9.47 Å². The Balaban J connectivity index is 0.852. The van der Waals surface area contributed by atoms with Crippen molar-refractivity contribution in [1.29, 1.82) is 0 Å². The van der Waals surface area contributed by atoms with Gasteiger partial charge in [0.15, 0.2) is 23.1 Å². The maximum atomic E-state index is 14.3. The number of phenolic OH excluding ortho intramolecular Hbond substituents is 2. The Morgan fingerprint density at radius 2 is 1.04 bits per heavy atom. The Morgan fingerprint density at radius 3 is 1.40 bits per heavy atom. The van der Waals surface area contributed by atoms with Crippen molar-refractivity contribution in [1.82, 2.24) is 9.80 Å². The molecule has 2 saturated carbocycles. The van der Waals surface area contributed by atoms with E-state index in [-0.39, 0.29) is 71.7 Å². The molecule has 2 aromatic carbocycles. The Morgan fingerprint density at radius 1 is 0.680 bits per heavy atom. The standard InChI is InChI=1S/C38H46F2N2O8/c1-21(25-7-3-23(4-8-25)17-41-19-27-11-13-29(43)35(39)33(27)37(41)47)49-31(45)15-16-32(46)50-22(2)26-9-5-24(6-10-26)18-42-20-28-12-14-30(44)36(40)34(28)38(42)48/h11-14,21-26,43-44H,3-10,15-20H2,1-2H3/t21?,22?,23-,24-,25-,26-. The lowest BCUT2D eigenvalue weighted by atomic mass is 9.79. The Labute approximate surface area is 290 Å². The van der Waals surface area contributed by atoms with Gasteiger partial charge in [-0.05, 0) is 112 Å². The molecule has 12 heteroatoms. The molecule has 4 aliphatic rings. The van der Waals surface area contributed by atoms with Gasteiger partial charge in [0.05, 0.1) is 24.0 Å². The summed E-state index contributed by atoms with van der Waals surface area (Å²) in [5, 5.41) is 19.3. The molecular weight excluding hydrogens is 650 g/mol. The second-order valence-corrected chi connectivity index (χ2v) is 14.7. The van der Waals surface area contributed by atoms with E-state index >= 15 is 0 Å². The van der Waals surface area contributed by atoms with Crippen molar-refractivity contribution in [2.75, 3.05) is 13.1 Å². The number of benzene rings is 2. The van der Waals surface area contributed by atoms with Crippen LogP contribution in [0.1, 0.15) is 110 Å². The molecule has 2 amide bonds. The molecule has 50 heavy (non-hydrogen) atoms. The number of amides is 2. The van der Waals surface area contributed by atoms with Gasteiger partial charge < -0.3 is 29.5 Å². The first-order valence-corrected chi connectivity index (χ1v) is 17.9. The number of hydrogen-bond acceptors (Lipinski definition) is 8. The fraction of sp³-hybridized carbons (Fsp3) is 0.579. The molecule has 0 radical (unpaired) electrons. The summed E-state index contributed by atoms with van der Waals surface area (Å²) in [6.45, 7) is 5.43. The summed E-state index contributed by atoms with van der Waals surface area (Å²) in [5.41, 5.74) is 1.10. The van der Waals surface area contributed by atoms with Crippen LogP contribution in [-0.4, -0.2) is 69.1 Å². The smallest absolute Gasteiger partial charge is 0.306 e. The molecule has 2 atom stereocenters. The van der Waals surface area contributed by atoms with E-state index < -0.39 is 35.1 Å². The predicted octanol–water partition coefficient (Wildman–Crippen LogP) is 6.24. The molecule has 2 heterocycles. The molecule has 2 fully saturated rings. The molecular formula is C38H46F2N2O8. The first kappa shape index (κ1) is 35.6. The first-order chi connectivity index (χ1) is 23.9. The van der Waals surface area contributed by atoms with Gasteiger partial charge in [-0.3, -0.25) is 19.2 Å². The van der Waals surface area contributed by atoms with Gasteiger partial charge in [-0.25, -0.2) is 8.78 Å². The Hall–Kier alpha value is -4.22. The Bertz CT molecular complexity index is 1510. The highest BCUT2D eigenvalue weighted by Gasteiger charge is 2.37. The number of halogens is 2. The first-order valence-electron chi connectivity index (χ1n) is 17.9. The van der Waals surface area contributed by atoms with Crippen LogP contribution in [0.2, 0.25) is 0 Å². The quantitative estimate of drug-likeness (QED) is 0.264. The number of rotatable bonds is 11. The molecule has 2 aromatic rings. The number of carbonyl (C=O) groups excluding carboxylic acids is 4. The topological polar surface area (TPSA) is 134 Å². The minimum absolute atomic E-state index is 0.0376. The van der Waals surface area contributed by atoms with Crippen LogP contribution in [-0.2, 0) is 32.2 Å². The van der Waals surface area contributed by atoms with E-state index in [1.165, 1.54) is 12.1 Å². The van der Waals surface area contributed by atoms with Crippen LogP contribution in [0.25, 0.3) is 0 Å². The summed E-state index contributed by atoms with van der Waals surface area (Å²) in [6.07, 6.45) is 5.98. The highest BCUT2D eigenvalue weighted by atomic mass is 19.1. The van der Waals surface area contributed by atoms with Crippen LogP contribution in [0.3, 0.4) is 0 Å². The molecule has 0 spiro atoms. The molecule has 0 bridgehead atoms. The van der Waals surface area contributed by atoms with E-state index in [2.05, 4.69) is 0 Å².